The summed E-state index contributed by atoms with van der Waals surface area (Å²) in [5.74, 6) is -0.304. The van der Waals surface area contributed by atoms with E-state index < -0.39 is 45.2 Å². The number of fused-ring (bicyclic) bond motifs is 1. The molecule has 1 aliphatic heterocycles. The first kappa shape index (κ1) is 67.8. The molecular weight excluding hydrogens is 1040 g/mol. The first-order valence-electron chi connectivity index (χ1n) is 27.2. The second kappa shape index (κ2) is 41.5. The van der Waals surface area contributed by atoms with E-state index in [2.05, 4.69) is 22.5 Å². The van der Waals surface area contributed by atoms with E-state index in [1.807, 2.05) is 61.5 Å². The molecule has 78 heavy (non-hydrogen) atoms. The van der Waals surface area contributed by atoms with Gasteiger partial charge in [0.25, 0.3) is 7.82 Å². The van der Waals surface area contributed by atoms with Crippen LogP contribution in [-0.4, -0.2) is 133 Å². The minimum absolute atomic E-state index is 0. The molecular formula is C56H82N4NaO16P. The molecule has 0 radical (unpaired) electrons. The zero-order valence-electron chi connectivity index (χ0n) is 46.4. The van der Waals surface area contributed by atoms with Crippen LogP contribution in [0.3, 0.4) is 0 Å². The van der Waals surface area contributed by atoms with Crippen molar-refractivity contribution >= 4 is 43.2 Å². The van der Waals surface area contributed by atoms with Gasteiger partial charge < -0.3 is 62.5 Å². The maximum Gasteiger partial charge on any atom is 1.00 e. The molecule has 2 aromatic carbocycles. The van der Waals surface area contributed by atoms with Crippen LogP contribution < -0.4 is 54.6 Å². The van der Waals surface area contributed by atoms with Gasteiger partial charge in [0.1, 0.15) is 44.5 Å². The molecule has 1 aliphatic rings. The number of hydrogen-bond acceptors (Lipinski definition) is 18. The summed E-state index contributed by atoms with van der Waals surface area (Å²) in [5.41, 5.74) is 5.82. The van der Waals surface area contributed by atoms with Gasteiger partial charge in [0.2, 0.25) is 11.8 Å². The zero-order valence-corrected chi connectivity index (χ0v) is 49.3. The molecule has 20 nitrogen and oxygen atoms in total. The Bertz CT molecular complexity index is 2240. The molecule has 2 unspecified atom stereocenters. The van der Waals surface area contributed by atoms with E-state index in [-0.39, 0.29) is 88.0 Å². The number of phosphoric acid groups is 1. The molecule has 2 amide bonds. The summed E-state index contributed by atoms with van der Waals surface area (Å²) in [5, 5.41) is 4.96. The molecule has 428 valence electrons. The molecule has 0 aliphatic carbocycles. The molecule has 2 heterocycles. The Morgan fingerprint density at radius 3 is 1.96 bits per heavy atom. The largest absolute Gasteiger partial charge is 1.00 e. The quantitative estimate of drug-likeness (QED) is 0.0214. The number of unbranched alkanes of at least 4 members (excludes halogenated alkanes) is 14. The Kier molecular flexibility index (Phi) is 36.1. The second-order valence-electron chi connectivity index (χ2n) is 18.5. The van der Waals surface area contributed by atoms with Gasteiger partial charge in [0.15, 0.2) is 6.10 Å². The third-order valence-corrected chi connectivity index (χ3v) is 12.9. The van der Waals surface area contributed by atoms with Crippen LogP contribution in [0.1, 0.15) is 128 Å². The van der Waals surface area contributed by atoms with Crippen molar-refractivity contribution < 1.29 is 105 Å². The fraction of sp³-hybridized carbons (Fsp3) is 0.607. The fourth-order valence-corrected chi connectivity index (χ4v) is 8.56. The molecule has 2 N–H and O–H groups in total. The van der Waals surface area contributed by atoms with Crippen molar-refractivity contribution in [2.45, 2.75) is 130 Å². The number of nitrogens with zero attached hydrogens (tertiary/aromatic N) is 2. The molecule has 4 rings (SSSR count). The van der Waals surface area contributed by atoms with Crippen LogP contribution in [0.5, 0.6) is 11.6 Å². The number of ether oxygens (including phenoxy) is 8. The van der Waals surface area contributed by atoms with E-state index in [4.69, 9.17) is 51.9 Å². The number of aromatic nitrogens is 1. The van der Waals surface area contributed by atoms with Crippen LogP contribution in [-0.2, 0) is 56.4 Å². The normalized spacial score (nSPS) is 12.9. The molecule has 0 fully saturated rings. The monoisotopic (exact) mass is 1120 g/mol. The van der Waals surface area contributed by atoms with Gasteiger partial charge in [-0.3, -0.25) is 18.9 Å². The molecule has 2 atom stereocenters. The average Bonchev–Trinajstić information content (AvgIpc) is 3.43. The molecule has 0 saturated heterocycles. The molecule has 0 spiro atoms. The Morgan fingerprint density at radius 2 is 1.29 bits per heavy atom. The summed E-state index contributed by atoms with van der Waals surface area (Å²) in [6.07, 6.45) is 18.0. The SMILES string of the molecule is CCCCCCCCCCCCCCCCCC(=O)OCC(COP(=O)([O-])OCCNC(=O)OCCOCC(=O)NCCOCCOCCOc1ccc(-c2ccc(C3=Nc4cc(C)ccc4OC3)cc2)cn1)OC(C)=O.[Na+]. The summed E-state index contributed by atoms with van der Waals surface area (Å²) >= 11 is 0. The average molecular weight is 1120 g/mol. The van der Waals surface area contributed by atoms with E-state index in [1.54, 1.807) is 6.20 Å². The molecule has 0 bridgehead atoms. The van der Waals surface area contributed by atoms with Gasteiger partial charge in [-0.2, -0.15) is 0 Å². The number of esters is 2. The van der Waals surface area contributed by atoms with Crippen molar-refractivity contribution in [1.82, 2.24) is 15.6 Å². The van der Waals surface area contributed by atoms with Gasteiger partial charge in [0.05, 0.1) is 52.0 Å². The number of hydrogen-bond donors (Lipinski definition) is 2. The zero-order chi connectivity index (χ0) is 55.2. The number of benzene rings is 2. The van der Waals surface area contributed by atoms with E-state index in [0.717, 1.165) is 65.6 Å². The number of aryl methyl sites for hydroxylation is 1. The number of carbonyl (C=O) groups is 4. The van der Waals surface area contributed by atoms with Crippen LogP contribution in [0.15, 0.2) is 65.8 Å². The summed E-state index contributed by atoms with van der Waals surface area (Å²) in [4.78, 5) is 69.3. The third-order valence-electron chi connectivity index (χ3n) is 11.9. The second-order valence-corrected chi connectivity index (χ2v) is 19.9. The standard InChI is InChI=1S/C56H83N4O16P.Na/c1-4-5-6-7-8-9-10-11-12-13-14-15-16-17-18-19-55(63)73-40-49(76-45(3)61)41-75-77(65,66)74-31-29-58-56(64)71-37-35-69-43-53(62)57-28-30-67-32-33-68-34-36-70-54-27-25-48(39-59-54)46-21-23-47(24-22-46)51-42-72-52-26-20-44(2)38-50(52)60-51;/h20-27,38-39,49H,4-19,28-37,40-43H2,1-3H3,(H,57,62)(H,58,64)(H,65,66);/q;+1/p-1. The van der Waals surface area contributed by atoms with Crippen LogP contribution in [0.2, 0.25) is 0 Å². The van der Waals surface area contributed by atoms with Gasteiger partial charge in [-0.15, -0.1) is 0 Å². The number of nitrogens with one attached hydrogen (secondary N) is 2. The molecule has 3 aromatic rings. The summed E-state index contributed by atoms with van der Waals surface area (Å²) < 4.78 is 64.9. The van der Waals surface area contributed by atoms with Crippen molar-refractivity contribution in [3.05, 3.63) is 71.9 Å². The topological polar surface area (TPSA) is 250 Å². The third kappa shape index (κ3) is 31.4. The van der Waals surface area contributed by atoms with E-state index in [9.17, 15) is 28.6 Å². The van der Waals surface area contributed by atoms with Crippen molar-refractivity contribution in [3.8, 4) is 22.8 Å². The summed E-state index contributed by atoms with van der Waals surface area (Å²) in [6, 6.07) is 17.9. The fourth-order valence-electron chi connectivity index (χ4n) is 7.82. The maximum absolute atomic E-state index is 12.3. The predicted octanol–water partition coefficient (Wildman–Crippen LogP) is 6.08. The number of aliphatic imine (C=N–C) groups is 1. The van der Waals surface area contributed by atoms with Crippen molar-refractivity contribution in [2.75, 3.05) is 92.4 Å². The Hall–Kier alpha value is -4.47. The summed E-state index contributed by atoms with van der Waals surface area (Å²) in [7, 11) is -4.88. The minimum atomic E-state index is -4.88. The number of carbonyl (C=O) groups excluding carboxylic acids is 4. The van der Waals surface area contributed by atoms with Gasteiger partial charge in [-0.1, -0.05) is 127 Å². The molecule has 22 heteroatoms. The number of amides is 2. The van der Waals surface area contributed by atoms with E-state index >= 15 is 0 Å². The van der Waals surface area contributed by atoms with Crippen molar-refractivity contribution in [3.63, 3.8) is 0 Å². The van der Waals surface area contributed by atoms with Crippen molar-refractivity contribution in [1.29, 1.82) is 0 Å². The number of alkyl carbamates (subject to hydrolysis) is 1. The molecule has 0 saturated carbocycles. The first-order valence-corrected chi connectivity index (χ1v) is 28.7. The van der Waals surface area contributed by atoms with Crippen LogP contribution in [0.4, 0.5) is 10.5 Å². The smallest absolute Gasteiger partial charge is 0.756 e. The Labute approximate surface area is 483 Å². The number of rotatable bonds is 43. The van der Waals surface area contributed by atoms with E-state index in [0.29, 0.717) is 45.3 Å². The van der Waals surface area contributed by atoms with Gasteiger partial charge >= 0.3 is 47.6 Å². The Balaban J connectivity index is 0.0000160. The van der Waals surface area contributed by atoms with Gasteiger partial charge in [0, 0.05) is 44.3 Å². The van der Waals surface area contributed by atoms with Crippen molar-refractivity contribution in [2.24, 2.45) is 4.99 Å². The number of phosphoric ester groups is 1. The van der Waals surface area contributed by atoms with Crippen LogP contribution in [0, 0.1) is 6.92 Å². The van der Waals surface area contributed by atoms with Crippen LogP contribution >= 0.6 is 7.82 Å². The van der Waals surface area contributed by atoms with E-state index in [1.165, 1.54) is 70.6 Å². The first-order chi connectivity index (χ1) is 37.4. The number of pyridine rings is 1. The minimum Gasteiger partial charge on any atom is -0.756 e. The predicted molar refractivity (Wildman–Crippen MR) is 288 cm³/mol. The molecule has 1 aromatic heterocycles. The van der Waals surface area contributed by atoms with Gasteiger partial charge in [-0.05, 0) is 48.2 Å². The van der Waals surface area contributed by atoms with Crippen LogP contribution in [0.25, 0.3) is 11.1 Å². The maximum atomic E-state index is 12.3. The summed E-state index contributed by atoms with van der Waals surface area (Å²) in [6.45, 7) is 5.36. The Morgan fingerprint density at radius 1 is 0.679 bits per heavy atom. The van der Waals surface area contributed by atoms with Gasteiger partial charge in [-0.25, -0.2) is 14.8 Å².